The van der Waals surface area contributed by atoms with Crippen LogP contribution in [0.2, 0.25) is 0 Å². The predicted molar refractivity (Wildman–Crippen MR) is 95.5 cm³/mol. The van der Waals surface area contributed by atoms with Crippen molar-refractivity contribution >= 4 is 21.1 Å². The monoisotopic (exact) mass is 415 g/mol. The van der Waals surface area contributed by atoms with Crippen molar-refractivity contribution in [2.75, 3.05) is 0 Å². The van der Waals surface area contributed by atoms with E-state index in [4.69, 9.17) is 0 Å². The third kappa shape index (κ3) is 3.88. The summed E-state index contributed by atoms with van der Waals surface area (Å²) in [7, 11) is -4.05. The van der Waals surface area contributed by atoms with Crippen molar-refractivity contribution in [3.05, 3.63) is 59.7 Å². The lowest BCUT2D eigenvalue weighted by atomic mass is 10.2. The lowest BCUT2D eigenvalue weighted by molar-refractivity contribution is -0.137. The highest BCUT2D eigenvalue weighted by Gasteiger charge is 2.31. The Bertz CT molecular complexity index is 1120. The third-order valence-corrected chi connectivity index (χ3v) is 5.79. The maximum atomic E-state index is 13.3. The van der Waals surface area contributed by atoms with Gasteiger partial charge in [0.15, 0.2) is 0 Å². The smallest absolute Gasteiger partial charge is 0.327 e. The number of hydrogen-bond donors (Lipinski definition) is 1. The standard InChI is InChI=1S/C18H17F4N3O2S/c1-3-25-16-9-12(18(20,21)22)7-8-15(16)23-17(25)11(2)24-28(26,27)14-6-4-5-13(19)10-14/h4-11,24H,3H2,1-2H3. The molecule has 1 aromatic heterocycles. The van der Waals surface area contributed by atoms with Crippen molar-refractivity contribution in [1.29, 1.82) is 0 Å². The maximum Gasteiger partial charge on any atom is 0.416 e. The molecule has 0 fully saturated rings. The van der Waals surface area contributed by atoms with E-state index in [0.29, 0.717) is 12.1 Å². The molecule has 1 unspecified atom stereocenters. The van der Waals surface area contributed by atoms with Crippen LogP contribution in [0.4, 0.5) is 17.6 Å². The van der Waals surface area contributed by atoms with Gasteiger partial charge in [-0.15, -0.1) is 0 Å². The molecule has 3 aromatic rings. The lowest BCUT2D eigenvalue weighted by Gasteiger charge is -2.16. The molecule has 0 amide bonds. The second-order valence-corrected chi connectivity index (χ2v) is 7.93. The Hall–Kier alpha value is -2.46. The zero-order valence-electron chi connectivity index (χ0n) is 15.0. The number of sulfonamides is 1. The Morgan fingerprint density at radius 3 is 2.50 bits per heavy atom. The number of hydrogen-bond acceptors (Lipinski definition) is 3. The van der Waals surface area contributed by atoms with E-state index >= 15 is 0 Å². The van der Waals surface area contributed by atoms with Gasteiger partial charge in [-0.05, 0) is 50.2 Å². The van der Waals surface area contributed by atoms with Gasteiger partial charge in [-0.2, -0.15) is 13.2 Å². The number of halogens is 4. The summed E-state index contributed by atoms with van der Waals surface area (Å²) in [6, 6.07) is 6.84. The van der Waals surface area contributed by atoms with E-state index in [9.17, 15) is 26.0 Å². The molecule has 5 nitrogen and oxygen atoms in total. The maximum absolute atomic E-state index is 13.3. The van der Waals surface area contributed by atoms with E-state index in [1.54, 1.807) is 6.92 Å². The van der Waals surface area contributed by atoms with E-state index in [2.05, 4.69) is 9.71 Å². The van der Waals surface area contributed by atoms with Crippen molar-refractivity contribution < 1.29 is 26.0 Å². The Labute approximate surface area is 159 Å². The van der Waals surface area contributed by atoms with E-state index in [1.165, 1.54) is 29.7 Å². The largest absolute Gasteiger partial charge is 0.416 e. The minimum absolute atomic E-state index is 0.252. The van der Waals surface area contributed by atoms with Gasteiger partial charge >= 0.3 is 6.18 Å². The summed E-state index contributed by atoms with van der Waals surface area (Å²) in [4.78, 5) is 4.04. The van der Waals surface area contributed by atoms with Gasteiger partial charge < -0.3 is 4.57 Å². The summed E-state index contributed by atoms with van der Waals surface area (Å²) in [6.45, 7) is 3.53. The van der Waals surface area contributed by atoms with Crippen LogP contribution in [0.1, 0.15) is 31.3 Å². The minimum Gasteiger partial charge on any atom is -0.327 e. The third-order valence-electron chi connectivity index (χ3n) is 4.25. The van der Waals surface area contributed by atoms with Crippen molar-refractivity contribution in [2.24, 2.45) is 0 Å². The molecule has 0 saturated heterocycles. The summed E-state index contributed by atoms with van der Waals surface area (Å²) < 4.78 is 81.3. The normalized spacial score (nSPS) is 13.8. The first-order chi connectivity index (χ1) is 13.0. The van der Waals surface area contributed by atoms with Crippen LogP contribution in [0.5, 0.6) is 0 Å². The number of fused-ring (bicyclic) bond motifs is 1. The number of nitrogens with zero attached hydrogens (tertiary/aromatic N) is 2. The summed E-state index contributed by atoms with van der Waals surface area (Å²) in [6.07, 6.45) is -4.50. The van der Waals surface area contributed by atoms with E-state index in [-0.39, 0.29) is 16.2 Å². The number of benzene rings is 2. The van der Waals surface area contributed by atoms with Crippen LogP contribution in [0, 0.1) is 5.82 Å². The van der Waals surface area contributed by atoms with Crippen LogP contribution in [0.25, 0.3) is 11.0 Å². The number of nitrogens with one attached hydrogen (secondary N) is 1. The highest BCUT2D eigenvalue weighted by Crippen LogP contribution is 2.32. The number of alkyl halides is 3. The van der Waals surface area contributed by atoms with Gasteiger partial charge in [0.2, 0.25) is 10.0 Å². The van der Waals surface area contributed by atoms with Crippen LogP contribution in [-0.2, 0) is 22.7 Å². The van der Waals surface area contributed by atoms with Gasteiger partial charge in [-0.3, -0.25) is 0 Å². The first kappa shape index (κ1) is 20.3. The highest BCUT2D eigenvalue weighted by molar-refractivity contribution is 7.89. The fourth-order valence-corrected chi connectivity index (χ4v) is 4.20. The number of rotatable bonds is 5. The van der Waals surface area contributed by atoms with Crippen molar-refractivity contribution in [3.8, 4) is 0 Å². The quantitative estimate of drug-likeness (QED) is 0.634. The van der Waals surface area contributed by atoms with E-state index < -0.39 is 33.6 Å². The first-order valence-corrected chi connectivity index (χ1v) is 9.86. The Balaban J connectivity index is 2.00. The minimum atomic E-state index is -4.50. The fourth-order valence-electron chi connectivity index (χ4n) is 2.97. The summed E-state index contributed by atoms with van der Waals surface area (Å²) >= 11 is 0. The molecule has 0 spiro atoms. The molecule has 1 atom stereocenters. The van der Waals surface area contributed by atoms with Crippen molar-refractivity contribution in [1.82, 2.24) is 14.3 Å². The SMILES string of the molecule is CCn1c(C(C)NS(=O)(=O)c2cccc(F)c2)nc2ccc(C(F)(F)F)cc21. The molecular weight excluding hydrogens is 398 g/mol. The lowest BCUT2D eigenvalue weighted by Crippen LogP contribution is -2.29. The molecule has 3 rings (SSSR count). The molecule has 0 aliphatic carbocycles. The van der Waals surface area contributed by atoms with Crippen LogP contribution >= 0.6 is 0 Å². The van der Waals surface area contributed by atoms with Crippen LogP contribution in [0.3, 0.4) is 0 Å². The molecule has 1 N–H and O–H groups in total. The molecule has 0 aliphatic rings. The number of aryl methyl sites for hydroxylation is 1. The molecule has 1 heterocycles. The summed E-state index contributed by atoms with van der Waals surface area (Å²) in [5.41, 5.74) is -0.236. The van der Waals surface area contributed by atoms with Gasteiger partial charge in [0, 0.05) is 6.54 Å². The van der Waals surface area contributed by atoms with E-state index in [0.717, 1.165) is 24.3 Å². The highest BCUT2D eigenvalue weighted by atomic mass is 32.2. The van der Waals surface area contributed by atoms with Gasteiger partial charge in [0.05, 0.1) is 27.5 Å². The summed E-state index contributed by atoms with van der Waals surface area (Å²) in [5, 5.41) is 0. The molecule has 150 valence electrons. The van der Waals surface area contributed by atoms with Gasteiger partial charge in [-0.25, -0.2) is 22.5 Å². The average molecular weight is 415 g/mol. The second-order valence-electron chi connectivity index (χ2n) is 6.22. The Kier molecular flexibility index (Phi) is 5.20. The van der Waals surface area contributed by atoms with Gasteiger partial charge in [0.1, 0.15) is 11.6 Å². The molecular formula is C18H17F4N3O2S. The topological polar surface area (TPSA) is 64.0 Å². The van der Waals surface area contributed by atoms with Crippen LogP contribution < -0.4 is 4.72 Å². The number of imidazole rings is 1. The van der Waals surface area contributed by atoms with Crippen LogP contribution in [0.15, 0.2) is 47.4 Å². The average Bonchev–Trinajstić information content (AvgIpc) is 2.98. The number of aromatic nitrogens is 2. The van der Waals surface area contributed by atoms with Crippen molar-refractivity contribution in [2.45, 2.75) is 37.5 Å². The zero-order chi connectivity index (χ0) is 20.7. The summed E-state index contributed by atoms with van der Waals surface area (Å²) in [5.74, 6) is -0.437. The predicted octanol–water partition coefficient (Wildman–Crippen LogP) is 4.25. The molecule has 10 heteroatoms. The molecule has 0 aliphatic heterocycles. The van der Waals surface area contributed by atoms with Crippen LogP contribution in [-0.4, -0.2) is 18.0 Å². The molecule has 0 saturated carbocycles. The Morgan fingerprint density at radius 2 is 1.89 bits per heavy atom. The second kappa shape index (κ2) is 7.17. The molecule has 0 radical (unpaired) electrons. The zero-order valence-corrected chi connectivity index (χ0v) is 15.8. The molecule has 2 aromatic carbocycles. The van der Waals surface area contributed by atoms with Crippen molar-refractivity contribution in [3.63, 3.8) is 0 Å². The van der Waals surface area contributed by atoms with Gasteiger partial charge in [-0.1, -0.05) is 6.07 Å². The fraction of sp³-hybridized carbons (Fsp3) is 0.278. The molecule has 0 bridgehead atoms. The first-order valence-electron chi connectivity index (χ1n) is 8.38. The van der Waals surface area contributed by atoms with E-state index in [1.807, 2.05) is 0 Å². The Morgan fingerprint density at radius 1 is 1.18 bits per heavy atom. The van der Waals surface area contributed by atoms with Gasteiger partial charge in [0.25, 0.3) is 0 Å². The molecule has 28 heavy (non-hydrogen) atoms.